The van der Waals surface area contributed by atoms with Crippen LogP contribution in [0.1, 0.15) is 16.8 Å². The number of fused-ring (bicyclic) bond motifs is 1. The van der Waals surface area contributed by atoms with Gasteiger partial charge in [0.1, 0.15) is 5.65 Å². The molecule has 3 rings (SSSR count). The van der Waals surface area contributed by atoms with Crippen LogP contribution in [0, 0.1) is 6.92 Å². The Morgan fingerprint density at radius 3 is 2.76 bits per heavy atom. The van der Waals surface area contributed by atoms with Gasteiger partial charge in [-0.2, -0.15) is 0 Å². The lowest BCUT2D eigenvalue weighted by molar-refractivity contribution is 0.330. The maximum atomic E-state index is 12.7. The molecule has 0 saturated carbocycles. The number of nitrogens with zero attached hydrogens (tertiary/aromatic N) is 3. The zero-order valence-corrected chi connectivity index (χ0v) is 15.7. The first-order valence-electron chi connectivity index (χ1n) is 8.05. The second-order valence-electron chi connectivity index (χ2n) is 6.11. The second-order valence-corrected chi connectivity index (χ2v) is 6.90. The van der Waals surface area contributed by atoms with Gasteiger partial charge in [-0.15, -0.1) is 0 Å². The summed E-state index contributed by atoms with van der Waals surface area (Å²) in [5.41, 5.74) is 3.17. The van der Waals surface area contributed by atoms with Crippen LogP contribution in [0.2, 0.25) is 10.0 Å². The number of benzene rings is 1. The Labute approximate surface area is 156 Å². The molecular formula is C19H19Cl2N3O. The molecule has 25 heavy (non-hydrogen) atoms. The van der Waals surface area contributed by atoms with Crippen LogP contribution in [0.4, 0.5) is 0 Å². The minimum absolute atomic E-state index is 0.00251. The van der Waals surface area contributed by atoms with Crippen molar-refractivity contribution >= 4 is 28.8 Å². The van der Waals surface area contributed by atoms with Gasteiger partial charge in [-0.1, -0.05) is 41.4 Å². The Bertz CT molecular complexity index is 969. The van der Waals surface area contributed by atoms with Crippen molar-refractivity contribution in [3.63, 3.8) is 0 Å². The molecule has 130 valence electrons. The van der Waals surface area contributed by atoms with Crippen molar-refractivity contribution in [2.45, 2.75) is 19.9 Å². The fraction of sp³-hybridized carbons (Fsp3) is 0.263. The molecule has 0 unspecified atom stereocenters. The van der Waals surface area contributed by atoms with Gasteiger partial charge in [0.05, 0.1) is 10.0 Å². The Morgan fingerprint density at radius 1 is 1.16 bits per heavy atom. The number of aryl methyl sites for hydroxylation is 1. The third-order valence-corrected chi connectivity index (χ3v) is 5.11. The molecule has 0 aliphatic rings. The lowest BCUT2D eigenvalue weighted by atomic mass is 10.1. The number of aromatic nitrogens is 2. The molecule has 0 aliphatic carbocycles. The van der Waals surface area contributed by atoms with E-state index in [0.717, 1.165) is 23.4 Å². The highest BCUT2D eigenvalue weighted by molar-refractivity contribution is 6.42. The van der Waals surface area contributed by atoms with Gasteiger partial charge in [-0.05, 0) is 44.2 Å². The summed E-state index contributed by atoms with van der Waals surface area (Å²) in [5.74, 6) is 0. The van der Waals surface area contributed by atoms with Gasteiger partial charge >= 0.3 is 0 Å². The number of hydrogen-bond acceptors (Lipinski definition) is 3. The van der Waals surface area contributed by atoms with Crippen LogP contribution in [-0.2, 0) is 13.0 Å². The predicted octanol–water partition coefficient (Wildman–Crippen LogP) is 3.98. The Hall–Kier alpha value is -1.88. The number of pyridine rings is 1. The number of rotatable bonds is 5. The lowest BCUT2D eigenvalue weighted by Gasteiger charge is -2.18. The second kappa shape index (κ2) is 7.56. The maximum Gasteiger partial charge on any atom is 0.261 e. The highest BCUT2D eigenvalue weighted by atomic mass is 35.5. The first-order chi connectivity index (χ1) is 12.0. The topological polar surface area (TPSA) is 37.6 Å². The summed E-state index contributed by atoms with van der Waals surface area (Å²) in [4.78, 5) is 19.3. The standard InChI is InChI=1S/C19H19Cl2N3O/c1-13-15(19(25)24-10-4-3-8-17(24)22-13)9-11-23(2)12-14-6-5-7-16(20)18(14)21/h3-8,10H,9,11-12H2,1-2H3. The van der Waals surface area contributed by atoms with Gasteiger partial charge in [-0.3, -0.25) is 9.20 Å². The van der Waals surface area contributed by atoms with Gasteiger partial charge in [0, 0.05) is 30.5 Å². The van der Waals surface area contributed by atoms with Gasteiger partial charge < -0.3 is 4.90 Å². The molecule has 2 aromatic heterocycles. The molecule has 1 aromatic carbocycles. The molecule has 0 atom stereocenters. The molecule has 2 heterocycles. The average Bonchev–Trinajstić information content (AvgIpc) is 2.59. The summed E-state index contributed by atoms with van der Waals surface area (Å²) in [6.45, 7) is 3.28. The molecule has 6 heteroatoms. The summed E-state index contributed by atoms with van der Waals surface area (Å²) >= 11 is 12.3. The number of halogens is 2. The molecule has 0 amide bonds. The lowest BCUT2D eigenvalue weighted by Crippen LogP contribution is -2.27. The Balaban J connectivity index is 1.76. The van der Waals surface area contributed by atoms with Crippen LogP contribution < -0.4 is 5.56 Å². The monoisotopic (exact) mass is 375 g/mol. The van der Waals surface area contributed by atoms with E-state index in [0.29, 0.717) is 28.7 Å². The predicted molar refractivity (Wildman–Crippen MR) is 103 cm³/mol. The normalized spacial score (nSPS) is 11.4. The Kier molecular flexibility index (Phi) is 5.42. The van der Waals surface area contributed by atoms with E-state index in [1.54, 1.807) is 16.7 Å². The van der Waals surface area contributed by atoms with E-state index in [1.807, 2.05) is 44.3 Å². The van der Waals surface area contributed by atoms with Crippen LogP contribution in [0.5, 0.6) is 0 Å². The first kappa shape index (κ1) is 17.9. The maximum absolute atomic E-state index is 12.7. The van der Waals surface area contributed by atoms with Crippen LogP contribution in [0.25, 0.3) is 5.65 Å². The number of likely N-dealkylation sites (N-methyl/N-ethyl adjacent to an activating group) is 1. The fourth-order valence-corrected chi connectivity index (χ4v) is 3.25. The SMILES string of the molecule is Cc1nc2ccccn2c(=O)c1CCN(C)Cc1cccc(Cl)c1Cl. The van der Waals surface area contributed by atoms with Crippen LogP contribution >= 0.6 is 23.2 Å². The highest BCUT2D eigenvalue weighted by Gasteiger charge is 2.12. The molecule has 0 spiro atoms. The molecule has 0 bridgehead atoms. The van der Waals surface area contributed by atoms with E-state index >= 15 is 0 Å². The van der Waals surface area contributed by atoms with Crippen molar-refractivity contribution < 1.29 is 0 Å². The van der Waals surface area contributed by atoms with E-state index in [2.05, 4.69) is 9.88 Å². The summed E-state index contributed by atoms with van der Waals surface area (Å²) in [6.07, 6.45) is 2.38. The van der Waals surface area contributed by atoms with Crippen LogP contribution in [0.15, 0.2) is 47.4 Å². The smallest absolute Gasteiger partial charge is 0.261 e. The quantitative estimate of drug-likeness (QED) is 0.676. The molecule has 0 fully saturated rings. The van der Waals surface area contributed by atoms with E-state index in [-0.39, 0.29) is 5.56 Å². The average molecular weight is 376 g/mol. The third kappa shape index (κ3) is 3.87. The van der Waals surface area contributed by atoms with Crippen molar-refractivity contribution in [3.8, 4) is 0 Å². The highest BCUT2D eigenvalue weighted by Crippen LogP contribution is 2.26. The molecule has 0 radical (unpaired) electrons. The summed E-state index contributed by atoms with van der Waals surface area (Å²) in [5, 5.41) is 1.14. The van der Waals surface area contributed by atoms with Gasteiger partial charge in [-0.25, -0.2) is 4.98 Å². The zero-order chi connectivity index (χ0) is 18.0. The van der Waals surface area contributed by atoms with E-state index in [4.69, 9.17) is 23.2 Å². The van der Waals surface area contributed by atoms with Crippen LogP contribution in [0.3, 0.4) is 0 Å². The van der Waals surface area contributed by atoms with Crippen molar-refractivity contribution in [1.29, 1.82) is 0 Å². The molecule has 0 aliphatic heterocycles. The van der Waals surface area contributed by atoms with Crippen molar-refractivity contribution in [1.82, 2.24) is 14.3 Å². The van der Waals surface area contributed by atoms with Crippen molar-refractivity contribution in [2.75, 3.05) is 13.6 Å². The van der Waals surface area contributed by atoms with Crippen molar-refractivity contribution in [3.05, 3.63) is 79.8 Å². The Morgan fingerprint density at radius 2 is 1.96 bits per heavy atom. The van der Waals surface area contributed by atoms with Gasteiger partial charge in [0.25, 0.3) is 5.56 Å². The molecule has 0 N–H and O–H groups in total. The minimum Gasteiger partial charge on any atom is -0.302 e. The summed E-state index contributed by atoms with van der Waals surface area (Å²) < 4.78 is 1.59. The van der Waals surface area contributed by atoms with E-state index in [1.165, 1.54) is 0 Å². The first-order valence-corrected chi connectivity index (χ1v) is 8.81. The third-order valence-electron chi connectivity index (χ3n) is 4.25. The molecule has 4 nitrogen and oxygen atoms in total. The summed E-state index contributed by atoms with van der Waals surface area (Å²) in [7, 11) is 2.00. The van der Waals surface area contributed by atoms with E-state index < -0.39 is 0 Å². The largest absolute Gasteiger partial charge is 0.302 e. The van der Waals surface area contributed by atoms with E-state index in [9.17, 15) is 4.79 Å². The van der Waals surface area contributed by atoms with Crippen LogP contribution in [-0.4, -0.2) is 27.9 Å². The molecular weight excluding hydrogens is 357 g/mol. The molecule has 0 saturated heterocycles. The van der Waals surface area contributed by atoms with Gasteiger partial charge in [0.15, 0.2) is 0 Å². The van der Waals surface area contributed by atoms with Crippen molar-refractivity contribution in [2.24, 2.45) is 0 Å². The zero-order valence-electron chi connectivity index (χ0n) is 14.2. The molecule has 3 aromatic rings. The summed E-state index contributed by atoms with van der Waals surface area (Å²) in [6, 6.07) is 11.2. The van der Waals surface area contributed by atoms with Gasteiger partial charge in [0.2, 0.25) is 0 Å². The minimum atomic E-state index is -0.00251. The number of hydrogen-bond donors (Lipinski definition) is 0. The fourth-order valence-electron chi connectivity index (χ4n) is 2.87.